The van der Waals surface area contributed by atoms with Crippen LogP contribution in [0.3, 0.4) is 0 Å². The highest BCUT2D eigenvalue weighted by Gasteiger charge is 2.11. The fraction of sp³-hybridized carbons (Fsp3) is 0.778. The van der Waals surface area contributed by atoms with Crippen LogP contribution in [0.4, 0.5) is 6.01 Å². The lowest BCUT2D eigenvalue weighted by atomic mass is 10.4. The maximum Gasteiger partial charge on any atom is 0.318 e. The first-order valence-electron chi connectivity index (χ1n) is 5.20. The molecule has 0 fully saturated rings. The second-order valence-electron chi connectivity index (χ2n) is 3.17. The number of hydrogen-bond donors (Lipinski definition) is 2. The zero-order chi connectivity index (χ0) is 11.1. The van der Waals surface area contributed by atoms with Gasteiger partial charge in [0.05, 0.1) is 0 Å². The van der Waals surface area contributed by atoms with Gasteiger partial charge in [-0.2, -0.15) is 0 Å². The van der Waals surface area contributed by atoms with Crippen molar-refractivity contribution in [3.05, 3.63) is 5.89 Å². The van der Waals surface area contributed by atoms with Gasteiger partial charge in [-0.1, -0.05) is 5.10 Å². The van der Waals surface area contributed by atoms with Gasteiger partial charge < -0.3 is 20.2 Å². The van der Waals surface area contributed by atoms with Gasteiger partial charge in [0.25, 0.3) is 0 Å². The summed E-state index contributed by atoms with van der Waals surface area (Å²) in [6.45, 7) is 4.18. The number of rotatable bonds is 7. The van der Waals surface area contributed by atoms with Crippen LogP contribution in [0.1, 0.15) is 19.2 Å². The Morgan fingerprint density at radius 2 is 2.27 bits per heavy atom. The summed E-state index contributed by atoms with van der Waals surface area (Å²) in [5.41, 5.74) is 5.38. The summed E-state index contributed by atoms with van der Waals surface area (Å²) in [6, 6.07) is 0.509. The first-order valence-corrected chi connectivity index (χ1v) is 5.20. The lowest BCUT2D eigenvalue weighted by Crippen LogP contribution is -2.24. The molecule has 0 amide bonds. The van der Waals surface area contributed by atoms with Gasteiger partial charge in [0.15, 0.2) is 0 Å². The number of nitrogens with two attached hydrogens (primary N) is 1. The molecular weight excluding hydrogens is 196 g/mol. The molecule has 0 spiro atoms. The fourth-order valence-electron chi connectivity index (χ4n) is 1.25. The van der Waals surface area contributed by atoms with Crippen LogP contribution in [0.15, 0.2) is 4.42 Å². The average Bonchev–Trinajstić information content (AvgIpc) is 2.68. The van der Waals surface area contributed by atoms with Crippen LogP contribution in [0.25, 0.3) is 0 Å². The number of aliphatic hydroxyl groups excluding tert-OH is 1. The van der Waals surface area contributed by atoms with Crippen LogP contribution < -0.4 is 10.6 Å². The monoisotopic (exact) mass is 214 g/mol. The first kappa shape index (κ1) is 11.9. The van der Waals surface area contributed by atoms with E-state index in [0.29, 0.717) is 31.3 Å². The lowest BCUT2D eigenvalue weighted by Gasteiger charge is -2.16. The summed E-state index contributed by atoms with van der Waals surface area (Å²) >= 11 is 0. The van der Waals surface area contributed by atoms with Crippen LogP contribution in [0, 0.1) is 0 Å². The van der Waals surface area contributed by atoms with Crippen molar-refractivity contribution >= 4 is 6.01 Å². The third kappa shape index (κ3) is 3.49. The molecule has 0 saturated heterocycles. The third-order valence-electron chi connectivity index (χ3n) is 2.05. The van der Waals surface area contributed by atoms with E-state index >= 15 is 0 Å². The minimum absolute atomic E-state index is 0.167. The topological polar surface area (TPSA) is 88.4 Å². The fourth-order valence-corrected chi connectivity index (χ4v) is 1.25. The quantitative estimate of drug-likeness (QED) is 0.652. The van der Waals surface area contributed by atoms with Crippen molar-refractivity contribution in [2.24, 2.45) is 5.73 Å². The Balaban J connectivity index is 2.57. The smallest absolute Gasteiger partial charge is 0.318 e. The molecule has 0 bridgehead atoms. The van der Waals surface area contributed by atoms with Gasteiger partial charge in [-0.05, 0) is 13.3 Å². The molecule has 0 saturated carbocycles. The second kappa shape index (κ2) is 6.36. The Morgan fingerprint density at radius 3 is 2.87 bits per heavy atom. The lowest BCUT2D eigenvalue weighted by molar-refractivity contribution is 0.288. The van der Waals surface area contributed by atoms with Gasteiger partial charge in [0, 0.05) is 32.7 Å². The van der Waals surface area contributed by atoms with E-state index in [1.165, 1.54) is 0 Å². The van der Waals surface area contributed by atoms with Gasteiger partial charge in [0.2, 0.25) is 5.89 Å². The molecule has 1 heterocycles. The summed E-state index contributed by atoms with van der Waals surface area (Å²) in [7, 11) is 0. The van der Waals surface area contributed by atoms with Crippen LogP contribution >= 0.6 is 0 Å². The average molecular weight is 214 g/mol. The molecule has 0 aromatic carbocycles. The van der Waals surface area contributed by atoms with Gasteiger partial charge in [-0.25, -0.2) is 0 Å². The van der Waals surface area contributed by atoms with E-state index in [-0.39, 0.29) is 6.61 Å². The van der Waals surface area contributed by atoms with Crippen molar-refractivity contribution in [3.8, 4) is 0 Å². The summed E-state index contributed by atoms with van der Waals surface area (Å²) < 4.78 is 5.42. The van der Waals surface area contributed by atoms with Crippen LogP contribution in [-0.4, -0.2) is 41.5 Å². The van der Waals surface area contributed by atoms with E-state index in [4.69, 9.17) is 15.3 Å². The molecule has 6 heteroatoms. The molecule has 0 radical (unpaired) electrons. The first-order chi connectivity index (χ1) is 7.31. The molecule has 1 rings (SSSR count). The number of nitrogens with zero attached hydrogens (tertiary/aromatic N) is 3. The van der Waals surface area contributed by atoms with Crippen LogP contribution in [-0.2, 0) is 6.42 Å². The van der Waals surface area contributed by atoms with Gasteiger partial charge in [-0.15, -0.1) is 5.10 Å². The number of hydrogen-bond acceptors (Lipinski definition) is 6. The van der Waals surface area contributed by atoms with Crippen molar-refractivity contribution in [2.75, 3.05) is 31.1 Å². The molecule has 6 nitrogen and oxygen atoms in total. The van der Waals surface area contributed by atoms with Crippen molar-refractivity contribution in [1.29, 1.82) is 0 Å². The maximum absolute atomic E-state index is 8.74. The minimum atomic E-state index is 0.167. The zero-order valence-electron chi connectivity index (χ0n) is 9.02. The number of aromatic nitrogens is 2. The normalized spacial score (nSPS) is 10.6. The van der Waals surface area contributed by atoms with Crippen LogP contribution in [0.2, 0.25) is 0 Å². The molecule has 1 aromatic rings. The van der Waals surface area contributed by atoms with E-state index < -0.39 is 0 Å². The largest absolute Gasteiger partial charge is 0.408 e. The summed E-state index contributed by atoms with van der Waals surface area (Å²) in [5.74, 6) is 0.565. The van der Waals surface area contributed by atoms with Gasteiger partial charge >= 0.3 is 6.01 Å². The van der Waals surface area contributed by atoms with Crippen molar-refractivity contribution in [2.45, 2.75) is 19.8 Å². The van der Waals surface area contributed by atoms with Crippen molar-refractivity contribution in [1.82, 2.24) is 10.2 Å². The summed E-state index contributed by atoms with van der Waals surface area (Å²) in [5, 5.41) is 16.6. The summed E-state index contributed by atoms with van der Waals surface area (Å²) in [6.07, 6.45) is 1.30. The molecule has 86 valence electrons. The van der Waals surface area contributed by atoms with Gasteiger partial charge in [0.1, 0.15) is 0 Å². The maximum atomic E-state index is 8.74. The standard InChI is InChI=1S/C9H18N4O2/c1-2-13(6-3-7-14)9-12-11-8(15-9)4-5-10/h14H,2-7,10H2,1H3. The Morgan fingerprint density at radius 1 is 1.47 bits per heavy atom. The van der Waals surface area contributed by atoms with E-state index in [1.807, 2.05) is 11.8 Å². The molecule has 0 aliphatic rings. The Kier molecular flexibility index (Phi) is 5.06. The van der Waals surface area contributed by atoms with E-state index in [2.05, 4.69) is 10.2 Å². The van der Waals surface area contributed by atoms with Gasteiger partial charge in [-0.3, -0.25) is 0 Å². The molecule has 15 heavy (non-hydrogen) atoms. The minimum Gasteiger partial charge on any atom is -0.408 e. The highest BCUT2D eigenvalue weighted by molar-refractivity contribution is 5.23. The predicted octanol–water partition coefficient (Wildman–Crippen LogP) is -0.221. The van der Waals surface area contributed by atoms with E-state index in [1.54, 1.807) is 0 Å². The van der Waals surface area contributed by atoms with Crippen molar-refractivity contribution in [3.63, 3.8) is 0 Å². The molecule has 3 N–H and O–H groups in total. The molecule has 0 atom stereocenters. The van der Waals surface area contributed by atoms with Crippen molar-refractivity contribution < 1.29 is 9.52 Å². The third-order valence-corrected chi connectivity index (χ3v) is 2.05. The zero-order valence-corrected chi connectivity index (χ0v) is 9.02. The van der Waals surface area contributed by atoms with E-state index in [9.17, 15) is 0 Å². The second-order valence-corrected chi connectivity index (χ2v) is 3.17. The van der Waals surface area contributed by atoms with E-state index in [0.717, 1.165) is 13.1 Å². The molecule has 1 aromatic heterocycles. The summed E-state index contributed by atoms with van der Waals surface area (Å²) in [4.78, 5) is 1.93. The predicted molar refractivity (Wildman–Crippen MR) is 56.6 cm³/mol. The number of anilines is 1. The SMILES string of the molecule is CCN(CCCO)c1nnc(CCN)o1. The molecule has 0 unspecified atom stereocenters. The Bertz CT molecular complexity index is 277. The Labute approximate surface area is 89.1 Å². The highest BCUT2D eigenvalue weighted by Crippen LogP contribution is 2.12. The Hall–Kier alpha value is -1.14. The molecule has 0 aliphatic carbocycles. The number of aliphatic hydroxyl groups is 1. The molecular formula is C9H18N4O2. The van der Waals surface area contributed by atoms with Crippen LogP contribution in [0.5, 0.6) is 0 Å². The highest BCUT2D eigenvalue weighted by atomic mass is 16.4. The molecule has 0 aliphatic heterocycles.